The molecule has 0 N–H and O–H groups in total. The molecule has 9 aromatic carbocycles. The van der Waals surface area contributed by atoms with Crippen LogP contribution in [-0.2, 0) is 0 Å². The van der Waals surface area contributed by atoms with Crippen LogP contribution in [0.5, 0.6) is 0 Å². The summed E-state index contributed by atoms with van der Waals surface area (Å²) in [7, 11) is 0. The first-order valence-electron chi connectivity index (χ1n) is 20.1. The molecule has 12 aromatic rings. The Kier molecular flexibility index (Phi) is 8.22. The Labute approximate surface area is 354 Å². The molecule has 3 aromatic heterocycles. The number of hydrogen-bond donors (Lipinski definition) is 0. The SMILES string of the molecule is c1ccc(-c2cccc(-c3cc4c5cccc(-c6nc(-c7ccccc7)nc(-c7cccc8c7sc7cc(-c9ccccc9)ccc78)n6)c5sc4c4ccccc34)c2)cc1. The molecule has 0 amide bonds. The van der Waals surface area contributed by atoms with Crippen molar-refractivity contribution < 1.29 is 0 Å². The molecule has 0 aliphatic rings. The fraction of sp³-hybridized carbons (Fsp3) is 0. The third-order valence-electron chi connectivity index (χ3n) is 11.5. The first kappa shape index (κ1) is 34.7. The summed E-state index contributed by atoms with van der Waals surface area (Å²) in [6, 6.07) is 71.5. The van der Waals surface area contributed by atoms with Gasteiger partial charge in [-0.25, -0.2) is 15.0 Å². The van der Waals surface area contributed by atoms with E-state index in [1.165, 1.54) is 79.8 Å². The summed E-state index contributed by atoms with van der Waals surface area (Å²) in [6.45, 7) is 0. The second-order valence-corrected chi connectivity index (χ2v) is 17.2. The highest BCUT2D eigenvalue weighted by Crippen LogP contribution is 2.46. The molecule has 0 aliphatic heterocycles. The van der Waals surface area contributed by atoms with Gasteiger partial charge in [-0.05, 0) is 69.1 Å². The lowest BCUT2D eigenvalue weighted by atomic mass is 9.93. The molecule has 60 heavy (non-hydrogen) atoms. The third kappa shape index (κ3) is 5.82. The Balaban J connectivity index is 1.06. The maximum Gasteiger partial charge on any atom is 0.165 e. The molecule has 0 fully saturated rings. The minimum absolute atomic E-state index is 0.657. The van der Waals surface area contributed by atoms with Crippen molar-refractivity contribution >= 4 is 73.8 Å². The summed E-state index contributed by atoms with van der Waals surface area (Å²) >= 11 is 3.63. The molecule has 0 radical (unpaired) electrons. The molecule has 0 spiro atoms. The molecule has 0 aliphatic carbocycles. The lowest BCUT2D eigenvalue weighted by molar-refractivity contribution is 1.08. The zero-order chi connectivity index (χ0) is 39.6. The van der Waals surface area contributed by atoms with Gasteiger partial charge in [-0.3, -0.25) is 0 Å². The van der Waals surface area contributed by atoms with Gasteiger partial charge in [0, 0.05) is 62.4 Å². The third-order valence-corrected chi connectivity index (χ3v) is 14.0. The molecule has 0 unspecified atom stereocenters. The maximum absolute atomic E-state index is 5.36. The van der Waals surface area contributed by atoms with Gasteiger partial charge in [0.05, 0.1) is 0 Å². The van der Waals surface area contributed by atoms with Crippen molar-refractivity contribution in [2.75, 3.05) is 0 Å². The van der Waals surface area contributed by atoms with E-state index in [2.05, 4.69) is 182 Å². The fourth-order valence-electron chi connectivity index (χ4n) is 8.65. The minimum atomic E-state index is 0.657. The molecule has 5 heteroatoms. The standard InChI is InChI=1S/C55H33N3S2/c1-4-15-34(16-5-1)37-21-12-22-39(31-37)47-33-48-44-26-14-28-46(51(44)60-52(48)42-24-11-10-23-40(42)47)55-57-53(36-19-8-3-9-20-36)56-54(58-55)45-27-13-25-43-41-30-29-38(32-49(41)59-50(43)45)35-17-6-2-7-18-35/h1-33H. The van der Waals surface area contributed by atoms with Crippen LogP contribution in [0.3, 0.4) is 0 Å². The first-order valence-corrected chi connectivity index (χ1v) is 21.7. The van der Waals surface area contributed by atoms with E-state index in [0.717, 1.165) is 21.4 Å². The molecular weight excluding hydrogens is 767 g/mol. The number of nitrogens with zero attached hydrogens (tertiary/aromatic N) is 3. The van der Waals surface area contributed by atoms with Crippen LogP contribution in [0.4, 0.5) is 0 Å². The zero-order valence-electron chi connectivity index (χ0n) is 32.2. The van der Waals surface area contributed by atoms with E-state index in [1.54, 1.807) is 11.3 Å². The molecule has 0 saturated carbocycles. The van der Waals surface area contributed by atoms with Crippen LogP contribution < -0.4 is 0 Å². The van der Waals surface area contributed by atoms with Crippen LogP contribution in [0, 0.1) is 0 Å². The van der Waals surface area contributed by atoms with Crippen LogP contribution in [0.15, 0.2) is 200 Å². The van der Waals surface area contributed by atoms with Crippen LogP contribution >= 0.6 is 22.7 Å². The van der Waals surface area contributed by atoms with E-state index >= 15 is 0 Å². The van der Waals surface area contributed by atoms with Gasteiger partial charge in [0.25, 0.3) is 0 Å². The number of rotatable bonds is 6. The normalized spacial score (nSPS) is 11.7. The number of aromatic nitrogens is 3. The van der Waals surface area contributed by atoms with Crippen molar-refractivity contribution in [1.82, 2.24) is 15.0 Å². The molecule has 280 valence electrons. The van der Waals surface area contributed by atoms with E-state index < -0.39 is 0 Å². The van der Waals surface area contributed by atoms with E-state index in [1.807, 2.05) is 29.5 Å². The number of benzene rings is 9. The quantitative estimate of drug-likeness (QED) is 0.168. The fourth-order valence-corrected chi connectivity index (χ4v) is 11.2. The number of hydrogen-bond acceptors (Lipinski definition) is 5. The number of thiophene rings is 2. The molecule has 3 nitrogen and oxygen atoms in total. The van der Waals surface area contributed by atoms with E-state index in [0.29, 0.717) is 17.5 Å². The van der Waals surface area contributed by atoms with Gasteiger partial charge >= 0.3 is 0 Å². The van der Waals surface area contributed by atoms with Gasteiger partial charge in [0.2, 0.25) is 0 Å². The van der Waals surface area contributed by atoms with Crippen molar-refractivity contribution in [1.29, 1.82) is 0 Å². The topological polar surface area (TPSA) is 38.7 Å². The molecule has 0 atom stereocenters. The Morgan fingerprint density at radius 2 is 0.733 bits per heavy atom. The van der Waals surface area contributed by atoms with Crippen molar-refractivity contribution in [2.24, 2.45) is 0 Å². The Bertz CT molecular complexity index is 3590. The highest BCUT2D eigenvalue weighted by molar-refractivity contribution is 7.27. The lowest BCUT2D eigenvalue weighted by Crippen LogP contribution is -2.00. The largest absolute Gasteiger partial charge is 0.208 e. The summed E-state index contributed by atoms with van der Waals surface area (Å²) in [5.74, 6) is 1.99. The Morgan fingerprint density at radius 1 is 0.250 bits per heavy atom. The maximum atomic E-state index is 5.36. The number of fused-ring (bicyclic) bond motifs is 8. The first-order chi connectivity index (χ1) is 29.7. The molecule has 0 saturated heterocycles. The summed E-state index contributed by atoms with van der Waals surface area (Å²) in [4.78, 5) is 15.8. The molecule has 0 bridgehead atoms. The summed E-state index contributed by atoms with van der Waals surface area (Å²) in [6.07, 6.45) is 0. The molecular formula is C55H33N3S2. The second kappa shape index (κ2) is 14.2. The highest BCUT2D eigenvalue weighted by Gasteiger charge is 2.21. The monoisotopic (exact) mass is 799 g/mol. The van der Waals surface area contributed by atoms with Crippen molar-refractivity contribution in [3.8, 4) is 67.5 Å². The summed E-state index contributed by atoms with van der Waals surface area (Å²) in [5, 5.41) is 7.36. The predicted octanol–water partition coefficient (Wildman–Crippen LogP) is 15.8. The predicted molar refractivity (Wildman–Crippen MR) is 256 cm³/mol. The van der Waals surface area contributed by atoms with E-state index in [4.69, 9.17) is 15.0 Å². The smallest absolute Gasteiger partial charge is 0.165 e. The van der Waals surface area contributed by atoms with Gasteiger partial charge in [0.1, 0.15) is 0 Å². The minimum Gasteiger partial charge on any atom is -0.208 e. The summed E-state index contributed by atoms with van der Waals surface area (Å²) in [5.41, 5.74) is 10.2. The average molecular weight is 800 g/mol. The Morgan fingerprint density at radius 3 is 1.42 bits per heavy atom. The van der Waals surface area contributed by atoms with Gasteiger partial charge in [-0.2, -0.15) is 0 Å². The molecule has 3 heterocycles. The second-order valence-electron chi connectivity index (χ2n) is 15.1. The van der Waals surface area contributed by atoms with E-state index in [9.17, 15) is 0 Å². The summed E-state index contributed by atoms with van der Waals surface area (Å²) < 4.78 is 4.84. The van der Waals surface area contributed by atoms with Crippen LogP contribution in [-0.4, -0.2) is 15.0 Å². The highest BCUT2D eigenvalue weighted by atomic mass is 32.1. The zero-order valence-corrected chi connectivity index (χ0v) is 33.8. The average Bonchev–Trinajstić information content (AvgIpc) is 3.90. The van der Waals surface area contributed by atoms with Crippen LogP contribution in [0.1, 0.15) is 0 Å². The van der Waals surface area contributed by atoms with Crippen molar-refractivity contribution in [3.63, 3.8) is 0 Å². The van der Waals surface area contributed by atoms with Crippen molar-refractivity contribution in [3.05, 3.63) is 200 Å². The van der Waals surface area contributed by atoms with Crippen LogP contribution in [0.2, 0.25) is 0 Å². The van der Waals surface area contributed by atoms with Crippen molar-refractivity contribution in [2.45, 2.75) is 0 Å². The Hall–Kier alpha value is -7.31. The lowest BCUT2D eigenvalue weighted by Gasteiger charge is -2.11. The van der Waals surface area contributed by atoms with Gasteiger partial charge in [0.15, 0.2) is 17.5 Å². The van der Waals surface area contributed by atoms with Crippen LogP contribution in [0.25, 0.3) is 119 Å². The van der Waals surface area contributed by atoms with Gasteiger partial charge < -0.3 is 0 Å². The van der Waals surface area contributed by atoms with Gasteiger partial charge in [-0.1, -0.05) is 170 Å². The van der Waals surface area contributed by atoms with Gasteiger partial charge in [-0.15, -0.1) is 22.7 Å². The van der Waals surface area contributed by atoms with E-state index in [-0.39, 0.29) is 0 Å². The molecule has 12 rings (SSSR count).